The summed E-state index contributed by atoms with van der Waals surface area (Å²) in [5, 5.41) is 5.75. The van der Waals surface area contributed by atoms with Crippen LogP contribution in [0.1, 0.15) is 27.7 Å². The molecule has 130 valence electrons. The molecule has 0 radical (unpaired) electrons. The largest absolute Gasteiger partial charge is 0.350 e. The van der Waals surface area contributed by atoms with Gasteiger partial charge < -0.3 is 10.6 Å². The van der Waals surface area contributed by atoms with Gasteiger partial charge >= 0.3 is 0 Å². The van der Waals surface area contributed by atoms with Crippen LogP contribution in [-0.2, 0) is 9.59 Å². The van der Waals surface area contributed by atoms with E-state index in [1.54, 1.807) is 11.0 Å². The minimum absolute atomic E-state index is 0.0945. The second-order valence-corrected chi connectivity index (χ2v) is 7.12. The quantitative estimate of drug-likeness (QED) is 0.831. The third kappa shape index (κ3) is 5.24. The molecule has 0 aliphatic heterocycles. The maximum Gasteiger partial charge on any atom is 0.238 e. The zero-order valence-electron chi connectivity index (χ0n) is 14.4. The standard InChI is InChI=1S/C16H23N5O2S/c1-5-21(10-14(23)18-16(2,3)4)9-13(22)17-11-7-6-8-12-15(11)20-24-19-12/h6-8H,5,9-10H2,1-4H3,(H,17,22)(H,18,23). The van der Waals surface area contributed by atoms with Crippen LogP contribution in [0.3, 0.4) is 0 Å². The van der Waals surface area contributed by atoms with E-state index < -0.39 is 0 Å². The Labute approximate surface area is 145 Å². The van der Waals surface area contributed by atoms with Crippen LogP contribution in [0, 0.1) is 0 Å². The molecule has 0 saturated heterocycles. The van der Waals surface area contributed by atoms with Crippen molar-refractivity contribution < 1.29 is 9.59 Å². The Kier molecular flexibility index (Phi) is 5.84. The van der Waals surface area contributed by atoms with Crippen LogP contribution in [0.2, 0.25) is 0 Å². The lowest BCUT2D eigenvalue weighted by Gasteiger charge is -2.24. The van der Waals surface area contributed by atoms with E-state index in [1.165, 1.54) is 0 Å². The molecule has 1 heterocycles. The number of nitrogens with one attached hydrogen (secondary N) is 2. The number of aromatic nitrogens is 2. The number of benzene rings is 1. The maximum absolute atomic E-state index is 12.3. The molecular formula is C16H23N5O2S. The van der Waals surface area contributed by atoms with Gasteiger partial charge in [0, 0.05) is 5.54 Å². The maximum atomic E-state index is 12.3. The number of fused-ring (bicyclic) bond motifs is 1. The summed E-state index contributed by atoms with van der Waals surface area (Å²) in [5.41, 5.74) is 1.80. The van der Waals surface area contributed by atoms with E-state index >= 15 is 0 Å². The van der Waals surface area contributed by atoms with Gasteiger partial charge in [0.1, 0.15) is 11.0 Å². The van der Waals surface area contributed by atoms with E-state index in [2.05, 4.69) is 19.4 Å². The molecule has 1 aromatic carbocycles. The zero-order chi connectivity index (χ0) is 17.7. The second-order valence-electron chi connectivity index (χ2n) is 6.59. The van der Waals surface area contributed by atoms with Gasteiger partial charge in [0.2, 0.25) is 11.8 Å². The summed E-state index contributed by atoms with van der Waals surface area (Å²) in [6, 6.07) is 5.47. The van der Waals surface area contributed by atoms with E-state index in [0.717, 1.165) is 17.2 Å². The highest BCUT2D eigenvalue weighted by atomic mass is 32.1. The molecule has 0 atom stereocenters. The van der Waals surface area contributed by atoms with Crippen molar-refractivity contribution in [3.63, 3.8) is 0 Å². The van der Waals surface area contributed by atoms with E-state index in [9.17, 15) is 9.59 Å². The highest BCUT2D eigenvalue weighted by molar-refractivity contribution is 7.00. The smallest absolute Gasteiger partial charge is 0.238 e. The van der Waals surface area contributed by atoms with Crippen molar-refractivity contribution in [1.82, 2.24) is 19.0 Å². The molecule has 0 aliphatic carbocycles. The highest BCUT2D eigenvalue weighted by Gasteiger charge is 2.18. The lowest BCUT2D eigenvalue weighted by Crippen LogP contribution is -2.47. The van der Waals surface area contributed by atoms with Gasteiger partial charge in [-0.05, 0) is 39.4 Å². The summed E-state index contributed by atoms with van der Waals surface area (Å²) >= 11 is 1.11. The normalized spacial score (nSPS) is 11.7. The highest BCUT2D eigenvalue weighted by Crippen LogP contribution is 2.20. The third-order valence-corrected chi connectivity index (χ3v) is 3.80. The summed E-state index contributed by atoms with van der Waals surface area (Å²) in [6.07, 6.45) is 0. The number of likely N-dealkylation sites (N-methyl/N-ethyl adjacent to an activating group) is 1. The van der Waals surface area contributed by atoms with Gasteiger partial charge in [-0.2, -0.15) is 8.75 Å². The summed E-state index contributed by atoms with van der Waals surface area (Å²) in [5.74, 6) is -0.274. The number of nitrogens with zero attached hydrogens (tertiary/aromatic N) is 3. The van der Waals surface area contributed by atoms with Crippen molar-refractivity contribution in [3.8, 4) is 0 Å². The first kappa shape index (κ1) is 18.3. The van der Waals surface area contributed by atoms with Crippen molar-refractivity contribution in [2.45, 2.75) is 33.2 Å². The Hall–Kier alpha value is -2.06. The van der Waals surface area contributed by atoms with E-state index in [0.29, 0.717) is 17.7 Å². The molecule has 2 rings (SSSR count). The van der Waals surface area contributed by atoms with E-state index in [-0.39, 0.29) is 30.4 Å². The minimum atomic E-state index is -0.286. The first-order valence-electron chi connectivity index (χ1n) is 7.83. The van der Waals surface area contributed by atoms with Crippen molar-refractivity contribution in [1.29, 1.82) is 0 Å². The molecule has 2 aromatic rings. The summed E-state index contributed by atoms with van der Waals surface area (Å²) < 4.78 is 8.35. The minimum Gasteiger partial charge on any atom is -0.350 e. The molecule has 24 heavy (non-hydrogen) atoms. The number of amides is 2. The third-order valence-electron chi connectivity index (χ3n) is 3.26. The SMILES string of the molecule is CCN(CC(=O)Nc1cccc2nsnc12)CC(=O)NC(C)(C)C. The van der Waals surface area contributed by atoms with Gasteiger partial charge in [0.25, 0.3) is 0 Å². The molecule has 0 aliphatic rings. The Bertz CT molecular complexity index is 723. The summed E-state index contributed by atoms with van der Waals surface area (Å²) in [6.45, 7) is 8.63. The number of hydrogen-bond donors (Lipinski definition) is 2. The predicted molar refractivity (Wildman–Crippen MR) is 96.1 cm³/mol. The fourth-order valence-corrected chi connectivity index (χ4v) is 2.79. The Morgan fingerprint density at radius 3 is 2.54 bits per heavy atom. The molecule has 0 bridgehead atoms. The molecule has 1 aromatic heterocycles. The van der Waals surface area contributed by atoms with E-state index in [4.69, 9.17) is 0 Å². The van der Waals surface area contributed by atoms with Gasteiger partial charge in [-0.15, -0.1) is 0 Å². The molecule has 2 amide bonds. The van der Waals surface area contributed by atoms with Crippen molar-refractivity contribution in [3.05, 3.63) is 18.2 Å². The lowest BCUT2D eigenvalue weighted by atomic mass is 10.1. The number of carbonyl (C=O) groups is 2. The average Bonchev–Trinajstić information content (AvgIpc) is 2.94. The van der Waals surface area contributed by atoms with Crippen LogP contribution < -0.4 is 10.6 Å². The Morgan fingerprint density at radius 1 is 1.17 bits per heavy atom. The van der Waals surface area contributed by atoms with Crippen molar-refractivity contribution in [2.75, 3.05) is 25.0 Å². The van der Waals surface area contributed by atoms with Crippen LogP contribution in [0.5, 0.6) is 0 Å². The molecule has 2 N–H and O–H groups in total. The molecule has 0 unspecified atom stereocenters. The van der Waals surface area contributed by atoms with Gasteiger partial charge in [-0.25, -0.2) is 0 Å². The molecule has 0 spiro atoms. The Morgan fingerprint density at radius 2 is 1.88 bits per heavy atom. The fourth-order valence-electron chi connectivity index (χ4n) is 2.24. The topological polar surface area (TPSA) is 87.2 Å². The molecule has 0 saturated carbocycles. The monoisotopic (exact) mass is 349 g/mol. The Balaban J connectivity index is 1.94. The summed E-state index contributed by atoms with van der Waals surface area (Å²) in [4.78, 5) is 26.1. The predicted octanol–water partition coefficient (Wildman–Crippen LogP) is 1.87. The van der Waals surface area contributed by atoms with Crippen LogP contribution in [-0.4, -0.2) is 50.6 Å². The van der Waals surface area contributed by atoms with Crippen LogP contribution in [0.25, 0.3) is 11.0 Å². The van der Waals surface area contributed by atoms with Gasteiger partial charge in [-0.1, -0.05) is 13.0 Å². The lowest BCUT2D eigenvalue weighted by molar-refractivity contribution is -0.124. The van der Waals surface area contributed by atoms with Gasteiger partial charge in [0.15, 0.2) is 0 Å². The molecule has 0 fully saturated rings. The fraction of sp³-hybridized carbons (Fsp3) is 0.500. The summed E-state index contributed by atoms with van der Waals surface area (Å²) in [7, 11) is 0. The average molecular weight is 349 g/mol. The van der Waals surface area contributed by atoms with Gasteiger partial charge in [-0.3, -0.25) is 14.5 Å². The second kappa shape index (κ2) is 7.67. The number of rotatable bonds is 6. The van der Waals surface area contributed by atoms with Crippen LogP contribution >= 0.6 is 11.7 Å². The first-order valence-corrected chi connectivity index (χ1v) is 8.56. The molecular weight excluding hydrogens is 326 g/mol. The van der Waals surface area contributed by atoms with Gasteiger partial charge in [0.05, 0.1) is 30.5 Å². The van der Waals surface area contributed by atoms with Crippen LogP contribution in [0.4, 0.5) is 5.69 Å². The number of hydrogen-bond acceptors (Lipinski definition) is 6. The van der Waals surface area contributed by atoms with Crippen LogP contribution in [0.15, 0.2) is 18.2 Å². The first-order chi connectivity index (χ1) is 11.3. The van der Waals surface area contributed by atoms with E-state index in [1.807, 2.05) is 39.8 Å². The van der Waals surface area contributed by atoms with Crippen molar-refractivity contribution >= 4 is 40.3 Å². The number of carbonyl (C=O) groups excluding carboxylic acids is 2. The van der Waals surface area contributed by atoms with Crippen molar-refractivity contribution in [2.24, 2.45) is 0 Å². The molecule has 8 heteroatoms. The number of anilines is 1. The zero-order valence-corrected chi connectivity index (χ0v) is 15.2. The molecule has 7 nitrogen and oxygen atoms in total.